The molecular weight excluding hydrogens is 246 g/mol. The molecule has 0 fully saturated rings. The lowest BCUT2D eigenvalue weighted by Gasteiger charge is -2.13. The molecule has 0 amide bonds. The van der Waals surface area contributed by atoms with Gasteiger partial charge in [-0.05, 0) is 37.1 Å². The second-order valence-corrected chi connectivity index (χ2v) is 5.19. The van der Waals surface area contributed by atoms with Gasteiger partial charge in [-0.2, -0.15) is 0 Å². The number of aromatic nitrogens is 1. The van der Waals surface area contributed by atoms with Crippen LogP contribution < -0.4 is 0 Å². The van der Waals surface area contributed by atoms with Crippen molar-refractivity contribution in [3.8, 4) is 0 Å². The van der Waals surface area contributed by atoms with E-state index in [4.69, 9.17) is 0 Å². The monoisotopic (exact) mass is 263 g/mol. The zero-order valence-corrected chi connectivity index (χ0v) is 11.7. The molecule has 0 aliphatic heterocycles. The maximum Gasteiger partial charge on any atom is 0.121 e. The number of hydrogen-bond acceptors (Lipinski definition) is 2. The van der Waals surface area contributed by atoms with Crippen molar-refractivity contribution < 1.29 is 5.11 Å². The molecule has 20 heavy (non-hydrogen) atoms. The standard InChI is InChI=1S/C18H17NO/c1-12-7-9-14(10-8-12)18(20)17-11-13(2)15-5-3-4-6-16(15)19-17/h3-11,18,20H,1-2H3. The van der Waals surface area contributed by atoms with Gasteiger partial charge in [0.05, 0.1) is 11.2 Å². The number of pyridine rings is 1. The van der Waals surface area contributed by atoms with Crippen LogP contribution in [0.4, 0.5) is 0 Å². The molecule has 2 nitrogen and oxygen atoms in total. The van der Waals surface area contributed by atoms with Crippen LogP contribution in [0.3, 0.4) is 0 Å². The fraction of sp³-hybridized carbons (Fsp3) is 0.167. The third-order valence-electron chi connectivity index (χ3n) is 3.62. The molecule has 0 spiro atoms. The Labute approximate surface area is 118 Å². The molecule has 0 aliphatic rings. The Morgan fingerprint density at radius 3 is 2.40 bits per heavy atom. The van der Waals surface area contributed by atoms with E-state index in [-0.39, 0.29) is 0 Å². The Kier molecular flexibility index (Phi) is 3.25. The van der Waals surface area contributed by atoms with Gasteiger partial charge in [-0.3, -0.25) is 0 Å². The van der Waals surface area contributed by atoms with Crippen molar-refractivity contribution in [3.05, 3.63) is 77.0 Å². The van der Waals surface area contributed by atoms with Gasteiger partial charge in [0.15, 0.2) is 0 Å². The molecule has 1 atom stereocenters. The van der Waals surface area contributed by atoms with Crippen LogP contribution in [0.15, 0.2) is 54.6 Å². The lowest BCUT2D eigenvalue weighted by molar-refractivity contribution is 0.215. The number of nitrogens with zero attached hydrogens (tertiary/aromatic N) is 1. The predicted octanol–water partition coefficient (Wildman–Crippen LogP) is 3.93. The first-order chi connectivity index (χ1) is 9.65. The van der Waals surface area contributed by atoms with Crippen molar-refractivity contribution in [2.45, 2.75) is 20.0 Å². The molecule has 1 N–H and O–H groups in total. The van der Waals surface area contributed by atoms with Crippen LogP contribution in [0, 0.1) is 13.8 Å². The Morgan fingerprint density at radius 1 is 0.950 bits per heavy atom. The Morgan fingerprint density at radius 2 is 1.65 bits per heavy atom. The fourth-order valence-corrected chi connectivity index (χ4v) is 2.44. The van der Waals surface area contributed by atoms with Gasteiger partial charge in [-0.1, -0.05) is 48.0 Å². The summed E-state index contributed by atoms with van der Waals surface area (Å²) in [6.45, 7) is 4.09. The topological polar surface area (TPSA) is 33.1 Å². The number of benzene rings is 2. The maximum atomic E-state index is 10.5. The van der Waals surface area contributed by atoms with Gasteiger partial charge >= 0.3 is 0 Å². The number of aliphatic hydroxyl groups excluding tert-OH is 1. The van der Waals surface area contributed by atoms with Gasteiger partial charge < -0.3 is 5.11 Å². The number of aryl methyl sites for hydroxylation is 2. The highest BCUT2D eigenvalue weighted by molar-refractivity contribution is 5.82. The van der Waals surface area contributed by atoms with E-state index in [1.54, 1.807) is 0 Å². The Hall–Kier alpha value is -2.19. The van der Waals surface area contributed by atoms with E-state index in [0.29, 0.717) is 5.69 Å². The molecule has 1 unspecified atom stereocenters. The molecule has 0 bridgehead atoms. The molecule has 3 rings (SSSR count). The quantitative estimate of drug-likeness (QED) is 0.760. The lowest BCUT2D eigenvalue weighted by atomic mass is 10.0. The van der Waals surface area contributed by atoms with Crippen molar-refractivity contribution in [3.63, 3.8) is 0 Å². The largest absolute Gasteiger partial charge is 0.382 e. The van der Waals surface area contributed by atoms with Gasteiger partial charge in [0.1, 0.15) is 6.10 Å². The molecule has 3 aromatic rings. The molecule has 0 aliphatic carbocycles. The first-order valence-electron chi connectivity index (χ1n) is 6.76. The third kappa shape index (κ3) is 2.30. The predicted molar refractivity (Wildman–Crippen MR) is 81.7 cm³/mol. The van der Waals surface area contributed by atoms with Gasteiger partial charge in [0.25, 0.3) is 0 Å². The van der Waals surface area contributed by atoms with Crippen molar-refractivity contribution >= 4 is 10.9 Å². The molecule has 0 saturated heterocycles. The summed E-state index contributed by atoms with van der Waals surface area (Å²) in [7, 11) is 0. The second-order valence-electron chi connectivity index (χ2n) is 5.19. The van der Waals surface area contributed by atoms with Crippen LogP contribution >= 0.6 is 0 Å². The fourth-order valence-electron chi connectivity index (χ4n) is 2.44. The zero-order valence-electron chi connectivity index (χ0n) is 11.7. The normalized spacial score (nSPS) is 12.6. The summed E-state index contributed by atoms with van der Waals surface area (Å²) in [6, 6.07) is 17.9. The number of hydrogen-bond donors (Lipinski definition) is 1. The molecule has 100 valence electrons. The highest BCUT2D eigenvalue weighted by Crippen LogP contribution is 2.25. The molecular formula is C18H17NO. The summed E-state index contributed by atoms with van der Waals surface area (Å²) in [6.07, 6.45) is -0.682. The second kappa shape index (κ2) is 5.06. The first kappa shape index (κ1) is 12.8. The highest BCUT2D eigenvalue weighted by atomic mass is 16.3. The van der Waals surface area contributed by atoms with Crippen LogP contribution in [0.2, 0.25) is 0 Å². The molecule has 1 heterocycles. The minimum Gasteiger partial charge on any atom is -0.382 e. The molecule has 1 aromatic heterocycles. The molecule has 0 saturated carbocycles. The van der Waals surface area contributed by atoms with Gasteiger partial charge in [0, 0.05) is 5.39 Å². The van der Waals surface area contributed by atoms with Gasteiger partial charge in [-0.25, -0.2) is 4.98 Å². The SMILES string of the molecule is Cc1ccc(C(O)c2cc(C)c3ccccc3n2)cc1. The maximum absolute atomic E-state index is 10.5. The van der Waals surface area contributed by atoms with Gasteiger partial charge in [-0.15, -0.1) is 0 Å². The van der Waals surface area contributed by atoms with Crippen LogP contribution in [0.1, 0.15) is 28.5 Å². The average molecular weight is 263 g/mol. The smallest absolute Gasteiger partial charge is 0.121 e. The van der Waals surface area contributed by atoms with E-state index in [1.165, 1.54) is 5.56 Å². The minimum atomic E-state index is -0.682. The van der Waals surface area contributed by atoms with E-state index in [2.05, 4.69) is 18.0 Å². The van der Waals surface area contributed by atoms with E-state index in [9.17, 15) is 5.11 Å². The van der Waals surface area contributed by atoms with Crippen molar-refractivity contribution in [1.29, 1.82) is 0 Å². The summed E-state index contributed by atoms with van der Waals surface area (Å²) in [4.78, 5) is 4.58. The van der Waals surface area contributed by atoms with Crippen LogP contribution in [-0.4, -0.2) is 10.1 Å². The van der Waals surface area contributed by atoms with Crippen LogP contribution in [0.5, 0.6) is 0 Å². The van der Waals surface area contributed by atoms with Crippen molar-refractivity contribution in [1.82, 2.24) is 4.98 Å². The average Bonchev–Trinajstić information content (AvgIpc) is 2.47. The zero-order chi connectivity index (χ0) is 14.1. The highest BCUT2D eigenvalue weighted by Gasteiger charge is 2.13. The Bertz CT molecular complexity index is 747. The van der Waals surface area contributed by atoms with E-state index >= 15 is 0 Å². The summed E-state index contributed by atoms with van der Waals surface area (Å²) in [5.74, 6) is 0. The summed E-state index contributed by atoms with van der Waals surface area (Å²) in [5, 5.41) is 11.6. The molecule has 2 heteroatoms. The van der Waals surface area contributed by atoms with Gasteiger partial charge in [0.2, 0.25) is 0 Å². The number of fused-ring (bicyclic) bond motifs is 1. The third-order valence-corrected chi connectivity index (χ3v) is 3.62. The molecule has 2 aromatic carbocycles. The lowest BCUT2D eigenvalue weighted by Crippen LogP contribution is -2.03. The van der Waals surface area contributed by atoms with Crippen molar-refractivity contribution in [2.75, 3.05) is 0 Å². The number of para-hydroxylation sites is 1. The van der Waals surface area contributed by atoms with Crippen molar-refractivity contribution in [2.24, 2.45) is 0 Å². The Balaban J connectivity index is 2.07. The summed E-state index contributed by atoms with van der Waals surface area (Å²) >= 11 is 0. The van der Waals surface area contributed by atoms with E-state index < -0.39 is 6.10 Å². The van der Waals surface area contributed by atoms with Crippen LogP contribution in [0.25, 0.3) is 10.9 Å². The summed E-state index contributed by atoms with van der Waals surface area (Å²) < 4.78 is 0. The van der Waals surface area contributed by atoms with E-state index in [1.807, 2.05) is 55.5 Å². The minimum absolute atomic E-state index is 0.682. The first-order valence-corrected chi connectivity index (χ1v) is 6.76. The molecule has 0 radical (unpaired) electrons. The van der Waals surface area contributed by atoms with Crippen LogP contribution in [-0.2, 0) is 0 Å². The number of rotatable bonds is 2. The van der Waals surface area contributed by atoms with E-state index in [0.717, 1.165) is 22.0 Å². The number of aliphatic hydroxyl groups is 1. The summed E-state index contributed by atoms with van der Waals surface area (Å²) in [5.41, 5.74) is 4.82.